The van der Waals surface area contributed by atoms with Gasteiger partial charge in [0.15, 0.2) is 0 Å². The zero-order valence-electron chi connectivity index (χ0n) is 9.66. The van der Waals surface area contributed by atoms with Gasteiger partial charge in [0.25, 0.3) is 0 Å². The fraction of sp³-hybridized carbons (Fsp3) is 0.818. The second kappa shape index (κ2) is 6.48. The van der Waals surface area contributed by atoms with Crippen molar-refractivity contribution in [3.05, 3.63) is 0 Å². The molecule has 1 saturated carbocycles. The van der Waals surface area contributed by atoms with Crippen LogP contribution in [0.4, 0.5) is 0 Å². The second-order valence-electron chi connectivity index (χ2n) is 4.41. The third-order valence-electron chi connectivity index (χ3n) is 2.56. The summed E-state index contributed by atoms with van der Waals surface area (Å²) < 4.78 is 0. The first-order valence-electron chi connectivity index (χ1n) is 5.82. The fourth-order valence-electron chi connectivity index (χ4n) is 1.48. The first kappa shape index (κ1) is 13.0. The number of rotatable bonds is 8. The Morgan fingerprint density at radius 2 is 2.12 bits per heavy atom. The van der Waals surface area contributed by atoms with Crippen LogP contribution in [0, 0.1) is 0 Å². The predicted octanol–water partition coefficient (Wildman–Crippen LogP) is 0.498. The van der Waals surface area contributed by atoms with Crippen LogP contribution in [0.1, 0.15) is 39.0 Å². The van der Waals surface area contributed by atoms with Gasteiger partial charge in [0.1, 0.15) is 0 Å². The maximum atomic E-state index is 11.4. The Morgan fingerprint density at radius 1 is 1.44 bits per heavy atom. The molecule has 1 atom stereocenters. The molecule has 92 valence electrons. The lowest BCUT2D eigenvalue weighted by Crippen LogP contribution is -2.39. The number of carbonyl (C=O) groups is 2. The first-order chi connectivity index (χ1) is 7.58. The van der Waals surface area contributed by atoms with Gasteiger partial charge in [0, 0.05) is 18.5 Å². The van der Waals surface area contributed by atoms with Crippen LogP contribution in [0.25, 0.3) is 0 Å². The van der Waals surface area contributed by atoms with Crippen molar-refractivity contribution in [3.8, 4) is 0 Å². The number of aliphatic carboxylic acids is 1. The van der Waals surface area contributed by atoms with Crippen molar-refractivity contribution in [2.24, 2.45) is 0 Å². The average Bonchev–Trinajstić information content (AvgIpc) is 2.97. The third-order valence-corrected chi connectivity index (χ3v) is 2.56. The van der Waals surface area contributed by atoms with Crippen molar-refractivity contribution >= 4 is 11.9 Å². The van der Waals surface area contributed by atoms with Gasteiger partial charge in [-0.2, -0.15) is 0 Å². The van der Waals surface area contributed by atoms with Gasteiger partial charge >= 0.3 is 5.97 Å². The maximum Gasteiger partial charge on any atom is 0.303 e. The number of hydrogen-bond donors (Lipinski definition) is 3. The lowest BCUT2D eigenvalue weighted by Gasteiger charge is -2.13. The van der Waals surface area contributed by atoms with E-state index in [1.54, 1.807) is 0 Å². The summed E-state index contributed by atoms with van der Waals surface area (Å²) >= 11 is 0. The van der Waals surface area contributed by atoms with Crippen LogP contribution in [-0.2, 0) is 9.59 Å². The molecule has 1 rings (SSSR count). The zero-order valence-corrected chi connectivity index (χ0v) is 9.66. The van der Waals surface area contributed by atoms with E-state index >= 15 is 0 Å². The Hall–Kier alpha value is -1.10. The van der Waals surface area contributed by atoms with Crippen molar-refractivity contribution in [2.45, 2.75) is 51.1 Å². The molecule has 0 spiro atoms. The molecule has 16 heavy (non-hydrogen) atoms. The van der Waals surface area contributed by atoms with E-state index in [0.29, 0.717) is 25.4 Å². The van der Waals surface area contributed by atoms with Crippen LogP contribution in [0.3, 0.4) is 0 Å². The van der Waals surface area contributed by atoms with Crippen molar-refractivity contribution in [3.63, 3.8) is 0 Å². The molecule has 0 saturated heterocycles. The minimum Gasteiger partial charge on any atom is -0.481 e. The molecule has 0 aromatic rings. The Bertz CT molecular complexity index is 252. The van der Waals surface area contributed by atoms with Crippen LogP contribution in [0.2, 0.25) is 0 Å². The molecule has 0 bridgehead atoms. The molecular weight excluding hydrogens is 208 g/mol. The number of amides is 1. The topological polar surface area (TPSA) is 78.4 Å². The van der Waals surface area contributed by atoms with Crippen LogP contribution >= 0.6 is 0 Å². The van der Waals surface area contributed by atoms with Crippen molar-refractivity contribution in [2.75, 3.05) is 6.54 Å². The lowest BCUT2D eigenvalue weighted by atomic mass is 10.1. The SMILES string of the molecule is CC(CCCC(=O)O)NC(=O)CNC1CC1. The van der Waals surface area contributed by atoms with E-state index < -0.39 is 5.97 Å². The molecule has 0 aliphatic heterocycles. The largest absolute Gasteiger partial charge is 0.481 e. The number of carboxylic acid groups (broad SMARTS) is 1. The molecule has 3 N–H and O–H groups in total. The molecular formula is C11H20N2O3. The Kier molecular flexibility index (Phi) is 5.25. The van der Waals surface area contributed by atoms with Gasteiger partial charge in [-0.15, -0.1) is 0 Å². The van der Waals surface area contributed by atoms with E-state index in [9.17, 15) is 9.59 Å². The van der Waals surface area contributed by atoms with Crippen molar-refractivity contribution in [1.29, 1.82) is 0 Å². The summed E-state index contributed by atoms with van der Waals surface area (Å²) in [5, 5.41) is 14.4. The van der Waals surface area contributed by atoms with E-state index in [1.165, 1.54) is 12.8 Å². The lowest BCUT2D eigenvalue weighted by molar-refractivity contribution is -0.137. The molecule has 1 unspecified atom stereocenters. The third kappa shape index (κ3) is 6.40. The van der Waals surface area contributed by atoms with Crippen molar-refractivity contribution in [1.82, 2.24) is 10.6 Å². The first-order valence-corrected chi connectivity index (χ1v) is 5.82. The van der Waals surface area contributed by atoms with Crippen molar-refractivity contribution < 1.29 is 14.7 Å². The minimum atomic E-state index is -0.783. The highest BCUT2D eigenvalue weighted by Crippen LogP contribution is 2.17. The monoisotopic (exact) mass is 228 g/mol. The Morgan fingerprint density at radius 3 is 2.69 bits per heavy atom. The smallest absolute Gasteiger partial charge is 0.303 e. The molecule has 1 aliphatic carbocycles. The molecule has 0 aromatic carbocycles. The number of nitrogens with one attached hydrogen (secondary N) is 2. The Labute approximate surface area is 95.6 Å². The van der Waals surface area contributed by atoms with Gasteiger partial charge in [0.05, 0.1) is 6.54 Å². The number of hydrogen-bond acceptors (Lipinski definition) is 3. The molecule has 1 amide bonds. The summed E-state index contributed by atoms with van der Waals surface area (Å²) in [6.07, 6.45) is 3.82. The summed E-state index contributed by atoms with van der Waals surface area (Å²) in [4.78, 5) is 21.7. The van der Waals surface area contributed by atoms with Crippen LogP contribution in [0.15, 0.2) is 0 Å². The maximum absolute atomic E-state index is 11.4. The fourth-order valence-corrected chi connectivity index (χ4v) is 1.48. The van der Waals surface area contributed by atoms with Crippen LogP contribution in [0.5, 0.6) is 0 Å². The van der Waals surface area contributed by atoms with Gasteiger partial charge in [-0.05, 0) is 32.6 Å². The number of carbonyl (C=O) groups excluding carboxylic acids is 1. The summed E-state index contributed by atoms with van der Waals surface area (Å²) in [5.41, 5.74) is 0. The standard InChI is InChI=1S/C11H20N2O3/c1-8(3-2-4-11(15)16)13-10(14)7-12-9-5-6-9/h8-9,12H,2-7H2,1H3,(H,13,14)(H,15,16). The Balaban J connectivity index is 2.00. The van der Waals surface area contributed by atoms with E-state index in [0.717, 1.165) is 0 Å². The van der Waals surface area contributed by atoms with E-state index in [1.807, 2.05) is 6.92 Å². The summed E-state index contributed by atoms with van der Waals surface area (Å²) in [5.74, 6) is -0.788. The normalized spacial score (nSPS) is 16.8. The van der Waals surface area contributed by atoms with Gasteiger partial charge in [0.2, 0.25) is 5.91 Å². The summed E-state index contributed by atoms with van der Waals surface area (Å²) in [7, 11) is 0. The van der Waals surface area contributed by atoms with Gasteiger partial charge in [-0.3, -0.25) is 9.59 Å². The van der Waals surface area contributed by atoms with Gasteiger partial charge in [-0.1, -0.05) is 0 Å². The number of carboxylic acids is 1. The molecule has 5 heteroatoms. The minimum absolute atomic E-state index is 0.00488. The zero-order chi connectivity index (χ0) is 12.0. The predicted molar refractivity (Wildman–Crippen MR) is 60.1 cm³/mol. The van der Waals surface area contributed by atoms with Crippen LogP contribution < -0.4 is 10.6 Å². The van der Waals surface area contributed by atoms with E-state index in [-0.39, 0.29) is 18.4 Å². The molecule has 5 nitrogen and oxygen atoms in total. The molecule has 1 aliphatic rings. The highest BCUT2D eigenvalue weighted by atomic mass is 16.4. The quantitative estimate of drug-likeness (QED) is 0.565. The van der Waals surface area contributed by atoms with Gasteiger partial charge in [-0.25, -0.2) is 0 Å². The van der Waals surface area contributed by atoms with E-state index in [2.05, 4.69) is 10.6 Å². The molecule has 0 radical (unpaired) electrons. The summed E-state index contributed by atoms with van der Waals surface area (Å²) in [6, 6.07) is 0.584. The summed E-state index contributed by atoms with van der Waals surface area (Å²) in [6.45, 7) is 2.27. The van der Waals surface area contributed by atoms with Crippen LogP contribution in [-0.4, -0.2) is 35.6 Å². The molecule has 1 fully saturated rings. The van der Waals surface area contributed by atoms with Gasteiger partial charge < -0.3 is 15.7 Å². The molecule has 0 heterocycles. The average molecular weight is 228 g/mol. The second-order valence-corrected chi connectivity index (χ2v) is 4.41. The highest BCUT2D eigenvalue weighted by Gasteiger charge is 2.21. The molecule has 0 aromatic heterocycles. The van der Waals surface area contributed by atoms with E-state index in [4.69, 9.17) is 5.11 Å². The highest BCUT2D eigenvalue weighted by molar-refractivity contribution is 5.78.